The van der Waals surface area contributed by atoms with Crippen LogP contribution in [-0.4, -0.2) is 21.7 Å². The first-order valence-electron chi connectivity index (χ1n) is 8.41. The van der Waals surface area contributed by atoms with Crippen molar-refractivity contribution in [3.05, 3.63) is 77.4 Å². The Bertz CT molecular complexity index is 829. The first-order valence-corrected chi connectivity index (χ1v) is 8.41. The number of aromatic nitrogens is 2. The molecule has 4 rings (SSSR count). The van der Waals surface area contributed by atoms with Crippen LogP contribution < -0.4 is 9.47 Å². The predicted molar refractivity (Wildman–Crippen MR) is 95.3 cm³/mol. The second-order valence-electron chi connectivity index (χ2n) is 6.35. The molecule has 0 radical (unpaired) electrons. The molecule has 1 aromatic heterocycles. The maximum absolute atomic E-state index is 5.50. The van der Waals surface area contributed by atoms with Gasteiger partial charge in [0.15, 0.2) is 11.5 Å². The number of hydrogen-bond donors (Lipinski definition) is 1. The summed E-state index contributed by atoms with van der Waals surface area (Å²) in [4.78, 5) is 9.92. The van der Waals surface area contributed by atoms with E-state index in [0.29, 0.717) is 6.79 Å². The summed E-state index contributed by atoms with van der Waals surface area (Å²) in [6, 6.07) is 14.8. The Morgan fingerprint density at radius 3 is 2.52 bits per heavy atom. The summed E-state index contributed by atoms with van der Waals surface area (Å²) in [6.45, 7) is 4.84. The number of aromatic amines is 1. The van der Waals surface area contributed by atoms with Crippen molar-refractivity contribution in [2.24, 2.45) is 0 Å². The smallest absolute Gasteiger partial charge is 0.231 e. The number of nitrogens with one attached hydrogen (secondary N) is 1. The molecule has 0 saturated carbocycles. The topological polar surface area (TPSA) is 50.4 Å². The number of imidazole rings is 1. The summed E-state index contributed by atoms with van der Waals surface area (Å²) in [6.07, 6.45) is 3.65. The van der Waals surface area contributed by atoms with E-state index in [-0.39, 0.29) is 0 Å². The second kappa shape index (κ2) is 6.99. The van der Waals surface area contributed by atoms with Crippen molar-refractivity contribution < 1.29 is 9.47 Å². The summed E-state index contributed by atoms with van der Waals surface area (Å²) < 4.78 is 10.9. The fourth-order valence-corrected chi connectivity index (χ4v) is 3.01. The van der Waals surface area contributed by atoms with Gasteiger partial charge in [-0.05, 0) is 30.2 Å². The maximum Gasteiger partial charge on any atom is 0.231 e. The van der Waals surface area contributed by atoms with Crippen molar-refractivity contribution in [1.29, 1.82) is 0 Å². The summed E-state index contributed by atoms with van der Waals surface area (Å²) in [5.74, 6) is 2.61. The van der Waals surface area contributed by atoms with Gasteiger partial charge in [-0.3, -0.25) is 4.90 Å². The molecule has 25 heavy (non-hydrogen) atoms. The molecule has 0 saturated heterocycles. The maximum atomic E-state index is 5.50. The van der Waals surface area contributed by atoms with E-state index in [1.54, 1.807) is 6.20 Å². The van der Waals surface area contributed by atoms with Gasteiger partial charge in [-0.15, -0.1) is 0 Å². The fraction of sp³-hybridized carbons (Fsp3) is 0.250. The van der Waals surface area contributed by atoms with Crippen LogP contribution in [0.25, 0.3) is 0 Å². The minimum atomic E-state index is 0.304. The number of fused-ring (bicyclic) bond motifs is 1. The highest BCUT2D eigenvalue weighted by atomic mass is 16.7. The third kappa shape index (κ3) is 3.83. The lowest BCUT2D eigenvalue weighted by Crippen LogP contribution is -2.23. The van der Waals surface area contributed by atoms with E-state index in [4.69, 9.17) is 9.47 Å². The molecule has 1 aliphatic heterocycles. The predicted octanol–water partition coefficient (Wildman–Crippen LogP) is 3.65. The number of aryl methyl sites for hydroxylation is 1. The Balaban J connectivity index is 1.53. The number of benzene rings is 2. The third-order valence-corrected chi connectivity index (χ3v) is 4.30. The molecular formula is C20H21N3O2. The molecule has 0 fully saturated rings. The molecule has 3 aromatic rings. The van der Waals surface area contributed by atoms with Crippen LogP contribution in [0.15, 0.2) is 54.9 Å². The Hall–Kier alpha value is -2.79. The fourth-order valence-electron chi connectivity index (χ4n) is 3.01. The lowest BCUT2D eigenvalue weighted by molar-refractivity contribution is 0.174. The number of nitrogens with zero attached hydrogens (tertiary/aromatic N) is 2. The summed E-state index contributed by atoms with van der Waals surface area (Å²) >= 11 is 0. The highest BCUT2D eigenvalue weighted by Gasteiger charge is 2.15. The van der Waals surface area contributed by atoms with Crippen LogP contribution in [-0.2, 0) is 19.6 Å². The molecule has 0 spiro atoms. The number of ether oxygens (including phenoxy) is 2. The van der Waals surface area contributed by atoms with Crippen LogP contribution in [0.3, 0.4) is 0 Å². The Kier molecular flexibility index (Phi) is 4.39. The van der Waals surface area contributed by atoms with Crippen molar-refractivity contribution in [3.63, 3.8) is 0 Å². The standard InChI is InChI=1S/C20H21N3O2/c1-15-2-4-16(5-3-15)11-23(13-20-21-8-9-22-20)12-17-6-7-18-19(10-17)25-14-24-18/h2-10H,11-14H2,1H3,(H,21,22). The second-order valence-corrected chi connectivity index (χ2v) is 6.35. The molecule has 128 valence electrons. The highest BCUT2D eigenvalue weighted by molar-refractivity contribution is 5.44. The molecule has 1 N–H and O–H groups in total. The third-order valence-electron chi connectivity index (χ3n) is 4.30. The van der Waals surface area contributed by atoms with Gasteiger partial charge in [-0.2, -0.15) is 0 Å². The summed E-state index contributed by atoms with van der Waals surface area (Å²) in [5.41, 5.74) is 3.76. The van der Waals surface area contributed by atoms with Crippen molar-refractivity contribution >= 4 is 0 Å². The van der Waals surface area contributed by atoms with Crippen LogP contribution in [0.4, 0.5) is 0 Å². The molecule has 0 unspecified atom stereocenters. The molecule has 1 aliphatic rings. The van der Waals surface area contributed by atoms with Crippen molar-refractivity contribution in [2.75, 3.05) is 6.79 Å². The first-order chi connectivity index (χ1) is 12.3. The zero-order valence-electron chi connectivity index (χ0n) is 14.2. The lowest BCUT2D eigenvalue weighted by atomic mass is 10.1. The van der Waals surface area contributed by atoms with Gasteiger partial charge in [0.2, 0.25) is 6.79 Å². The van der Waals surface area contributed by atoms with E-state index < -0.39 is 0 Å². The van der Waals surface area contributed by atoms with Crippen LogP contribution in [0.5, 0.6) is 11.5 Å². The highest BCUT2D eigenvalue weighted by Crippen LogP contribution is 2.33. The Morgan fingerprint density at radius 1 is 0.960 bits per heavy atom. The lowest BCUT2D eigenvalue weighted by Gasteiger charge is -2.22. The number of rotatable bonds is 6. The Labute approximate surface area is 147 Å². The van der Waals surface area contributed by atoms with Crippen LogP contribution >= 0.6 is 0 Å². The van der Waals surface area contributed by atoms with Gasteiger partial charge in [0.25, 0.3) is 0 Å². The van der Waals surface area contributed by atoms with E-state index >= 15 is 0 Å². The van der Waals surface area contributed by atoms with Crippen molar-refractivity contribution in [3.8, 4) is 11.5 Å². The number of hydrogen-bond acceptors (Lipinski definition) is 4. The molecule has 0 aliphatic carbocycles. The molecule has 0 atom stereocenters. The zero-order chi connectivity index (χ0) is 17.1. The first kappa shape index (κ1) is 15.7. The van der Waals surface area contributed by atoms with Gasteiger partial charge in [0.05, 0.1) is 6.54 Å². The van der Waals surface area contributed by atoms with Gasteiger partial charge in [-0.25, -0.2) is 4.98 Å². The van der Waals surface area contributed by atoms with Crippen molar-refractivity contribution in [2.45, 2.75) is 26.6 Å². The molecule has 5 nitrogen and oxygen atoms in total. The largest absolute Gasteiger partial charge is 0.454 e. The average Bonchev–Trinajstić information content (AvgIpc) is 3.28. The quantitative estimate of drug-likeness (QED) is 0.747. The van der Waals surface area contributed by atoms with E-state index in [0.717, 1.165) is 37.0 Å². The van der Waals surface area contributed by atoms with Crippen LogP contribution in [0, 0.1) is 6.92 Å². The molecule has 2 aromatic carbocycles. The summed E-state index contributed by atoms with van der Waals surface area (Å²) in [7, 11) is 0. The SMILES string of the molecule is Cc1ccc(CN(Cc2ccc3c(c2)OCO3)Cc2ncc[nH]2)cc1. The monoisotopic (exact) mass is 335 g/mol. The molecule has 0 amide bonds. The molecule has 5 heteroatoms. The zero-order valence-corrected chi connectivity index (χ0v) is 14.2. The minimum absolute atomic E-state index is 0.304. The minimum Gasteiger partial charge on any atom is -0.454 e. The molecule has 0 bridgehead atoms. The van der Waals surface area contributed by atoms with Gasteiger partial charge in [0, 0.05) is 25.5 Å². The van der Waals surface area contributed by atoms with Gasteiger partial charge < -0.3 is 14.5 Å². The molecule has 2 heterocycles. The number of H-pyrrole nitrogens is 1. The summed E-state index contributed by atoms with van der Waals surface area (Å²) in [5, 5.41) is 0. The van der Waals surface area contributed by atoms with E-state index in [1.807, 2.05) is 12.3 Å². The van der Waals surface area contributed by atoms with Crippen molar-refractivity contribution in [1.82, 2.24) is 14.9 Å². The Morgan fingerprint density at radius 2 is 1.72 bits per heavy atom. The van der Waals surface area contributed by atoms with E-state index in [1.165, 1.54) is 16.7 Å². The average molecular weight is 335 g/mol. The van der Waals surface area contributed by atoms with E-state index in [9.17, 15) is 0 Å². The van der Waals surface area contributed by atoms with E-state index in [2.05, 4.69) is 58.2 Å². The van der Waals surface area contributed by atoms with Crippen LogP contribution in [0.1, 0.15) is 22.5 Å². The van der Waals surface area contributed by atoms with Crippen LogP contribution in [0.2, 0.25) is 0 Å². The normalized spacial score (nSPS) is 12.7. The van der Waals surface area contributed by atoms with Gasteiger partial charge in [0.1, 0.15) is 5.82 Å². The van der Waals surface area contributed by atoms with Gasteiger partial charge >= 0.3 is 0 Å². The van der Waals surface area contributed by atoms with Gasteiger partial charge in [-0.1, -0.05) is 35.9 Å². The molecular weight excluding hydrogens is 314 g/mol.